The van der Waals surface area contributed by atoms with Gasteiger partial charge in [-0.3, -0.25) is 0 Å². The van der Waals surface area contributed by atoms with Gasteiger partial charge in [-0.15, -0.1) is 6.58 Å². The van der Waals surface area contributed by atoms with Gasteiger partial charge in [-0.05, 0) is 31.9 Å². The topological polar surface area (TPSA) is 0 Å². The maximum absolute atomic E-state index is 3.94. The van der Waals surface area contributed by atoms with Crippen LogP contribution in [0.1, 0.15) is 32.6 Å². The molecule has 1 fully saturated rings. The summed E-state index contributed by atoms with van der Waals surface area (Å²) in [4.78, 5) is 0. The van der Waals surface area contributed by atoms with Crippen LogP contribution in [0.4, 0.5) is 0 Å². The molecule has 0 aromatic heterocycles. The molecule has 1 aliphatic heterocycles. The molecule has 1 saturated heterocycles. The molecule has 0 aromatic carbocycles. The number of rotatable bonds is 2. The highest BCUT2D eigenvalue weighted by molar-refractivity contribution is 7.99. The van der Waals surface area contributed by atoms with Gasteiger partial charge in [-0.25, -0.2) is 0 Å². The Labute approximate surface area is 68.1 Å². The summed E-state index contributed by atoms with van der Waals surface area (Å²) < 4.78 is 0. The number of hydrogen-bond donors (Lipinski definition) is 0. The predicted octanol–water partition coefficient (Wildman–Crippen LogP) is 3.24. The van der Waals surface area contributed by atoms with Crippen molar-refractivity contribution in [1.82, 2.24) is 0 Å². The van der Waals surface area contributed by atoms with Crippen LogP contribution < -0.4 is 0 Å². The Morgan fingerprint density at radius 2 is 2.40 bits per heavy atom. The molecular formula is C9H16S. The summed E-state index contributed by atoms with van der Waals surface area (Å²) in [6.45, 7) is 6.07. The van der Waals surface area contributed by atoms with Gasteiger partial charge in [0.25, 0.3) is 0 Å². The lowest BCUT2D eigenvalue weighted by atomic mass is 10.1. The van der Waals surface area contributed by atoms with Gasteiger partial charge in [0.05, 0.1) is 0 Å². The maximum Gasteiger partial charge on any atom is 0.00840 e. The van der Waals surface area contributed by atoms with E-state index in [0.717, 1.165) is 5.25 Å². The maximum atomic E-state index is 3.94. The fraction of sp³-hybridized carbons (Fsp3) is 0.778. The van der Waals surface area contributed by atoms with Gasteiger partial charge in [0, 0.05) is 5.25 Å². The normalized spacial score (nSPS) is 26.3. The molecule has 1 atom stereocenters. The van der Waals surface area contributed by atoms with Crippen LogP contribution in [-0.4, -0.2) is 11.0 Å². The minimum Gasteiger partial charge on any atom is -0.158 e. The molecule has 1 aliphatic rings. The van der Waals surface area contributed by atoms with E-state index < -0.39 is 0 Å². The molecule has 0 radical (unpaired) electrons. The average molecular weight is 156 g/mol. The first-order valence-electron chi connectivity index (χ1n) is 4.05. The van der Waals surface area contributed by atoms with Gasteiger partial charge < -0.3 is 0 Å². The van der Waals surface area contributed by atoms with Crippen molar-refractivity contribution in [3.05, 3.63) is 12.2 Å². The molecule has 0 nitrogen and oxygen atoms in total. The molecule has 0 bridgehead atoms. The highest BCUT2D eigenvalue weighted by Crippen LogP contribution is 2.28. The Morgan fingerprint density at radius 1 is 1.60 bits per heavy atom. The van der Waals surface area contributed by atoms with Crippen molar-refractivity contribution in [3.8, 4) is 0 Å². The summed E-state index contributed by atoms with van der Waals surface area (Å²) in [5.74, 6) is 1.37. The second-order valence-electron chi connectivity index (χ2n) is 3.15. The highest BCUT2D eigenvalue weighted by atomic mass is 32.2. The van der Waals surface area contributed by atoms with E-state index in [1.807, 2.05) is 0 Å². The first-order valence-corrected chi connectivity index (χ1v) is 5.10. The zero-order valence-electron chi connectivity index (χ0n) is 6.73. The van der Waals surface area contributed by atoms with E-state index in [-0.39, 0.29) is 0 Å². The second kappa shape index (κ2) is 4.07. The molecule has 1 rings (SSSR count). The van der Waals surface area contributed by atoms with Crippen LogP contribution in [0.5, 0.6) is 0 Å². The van der Waals surface area contributed by atoms with Crippen LogP contribution in [0.2, 0.25) is 0 Å². The van der Waals surface area contributed by atoms with E-state index >= 15 is 0 Å². The number of hydrogen-bond acceptors (Lipinski definition) is 1. The monoisotopic (exact) mass is 156 g/mol. The smallest absolute Gasteiger partial charge is 0.00840 e. The fourth-order valence-corrected chi connectivity index (χ4v) is 2.80. The SMILES string of the molecule is C=C(C)CC1CCCCS1. The van der Waals surface area contributed by atoms with Crippen molar-refractivity contribution in [1.29, 1.82) is 0 Å². The summed E-state index contributed by atoms with van der Waals surface area (Å²) in [5, 5.41) is 0.895. The lowest BCUT2D eigenvalue weighted by molar-refractivity contribution is 0.659. The Balaban J connectivity index is 2.19. The van der Waals surface area contributed by atoms with Crippen LogP contribution in [-0.2, 0) is 0 Å². The van der Waals surface area contributed by atoms with Crippen LogP contribution in [0, 0.1) is 0 Å². The molecule has 10 heavy (non-hydrogen) atoms. The standard InChI is InChI=1S/C9H16S/c1-8(2)7-9-5-3-4-6-10-9/h9H,1,3-7H2,2H3. The summed E-state index contributed by atoms with van der Waals surface area (Å²) in [5.41, 5.74) is 1.35. The third-order valence-electron chi connectivity index (χ3n) is 1.85. The second-order valence-corrected chi connectivity index (χ2v) is 4.56. The van der Waals surface area contributed by atoms with E-state index in [4.69, 9.17) is 0 Å². The number of allylic oxidation sites excluding steroid dienone is 1. The van der Waals surface area contributed by atoms with E-state index in [0.29, 0.717) is 0 Å². The van der Waals surface area contributed by atoms with Crippen LogP contribution in [0.25, 0.3) is 0 Å². The van der Waals surface area contributed by atoms with Crippen molar-refractivity contribution >= 4 is 11.8 Å². The minimum absolute atomic E-state index is 0.895. The predicted molar refractivity (Wildman–Crippen MR) is 49.5 cm³/mol. The molecule has 58 valence electrons. The van der Waals surface area contributed by atoms with E-state index in [1.54, 1.807) is 0 Å². The van der Waals surface area contributed by atoms with Crippen LogP contribution in [0.15, 0.2) is 12.2 Å². The van der Waals surface area contributed by atoms with Gasteiger partial charge in [-0.1, -0.05) is 12.0 Å². The average Bonchev–Trinajstić information content (AvgIpc) is 1.88. The zero-order chi connectivity index (χ0) is 7.40. The fourth-order valence-electron chi connectivity index (χ4n) is 1.36. The molecule has 1 unspecified atom stereocenters. The molecule has 0 saturated carbocycles. The Hall–Kier alpha value is 0.0900. The molecule has 0 aliphatic carbocycles. The largest absolute Gasteiger partial charge is 0.158 e. The molecule has 1 heterocycles. The third kappa shape index (κ3) is 2.78. The van der Waals surface area contributed by atoms with Gasteiger partial charge in [-0.2, -0.15) is 11.8 Å². The molecule has 0 aromatic rings. The van der Waals surface area contributed by atoms with Crippen molar-refractivity contribution in [2.24, 2.45) is 0 Å². The van der Waals surface area contributed by atoms with E-state index in [9.17, 15) is 0 Å². The highest BCUT2D eigenvalue weighted by Gasteiger charge is 2.12. The van der Waals surface area contributed by atoms with E-state index in [2.05, 4.69) is 25.3 Å². The van der Waals surface area contributed by atoms with Crippen molar-refractivity contribution in [2.75, 3.05) is 5.75 Å². The van der Waals surface area contributed by atoms with Gasteiger partial charge in [0.2, 0.25) is 0 Å². The summed E-state index contributed by atoms with van der Waals surface area (Å²) >= 11 is 2.13. The molecular weight excluding hydrogens is 140 g/mol. The number of thioether (sulfide) groups is 1. The summed E-state index contributed by atoms with van der Waals surface area (Å²) in [6.07, 6.45) is 5.52. The van der Waals surface area contributed by atoms with Gasteiger partial charge in [0.1, 0.15) is 0 Å². The van der Waals surface area contributed by atoms with Crippen LogP contribution >= 0.6 is 11.8 Å². The molecule has 1 heteroatoms. The zero-order valence-corrected chi connectivity index (χ0v) is 7.54. The van der Waals surface area contributed by atoms with Crippen LogP contribution in [0.3, 0.4) is 0 Å². The quantitative estimate of drug-likeness (QED) is 0.553. The first-order chi connectivity index (χ1) is 4.79. The van der Waals surface area contributed by atoms with E-state index in [1.165, 1.54) is 37.0 Å². The third-order valence-corrected chi connectivity index (χ3v) is 3.25. The minimum atomic E-state index is 0.895. The molecule has 0 N–H and O–H groups in total. The first kappa shape index (κ1) is 8.19. The molecule has 0 spiro atoms. The summed E-state index contributed by atoms with van der Waals surface area (Å²) in [6, 6.07) is 0. The van der Waals surface area contributed by atoms with Crippen molar-refractivity contribution in [3.63, 3.8) is 0 Å². The molecule has 0 amide bonds. The Morgan fingerprint density at radius 3 is 2.90 bits per heavy atom. The van der Waals surface area contributed by atoms with Crippen molar-refractivity contribution < 1.29 is 0 Å². The lowest BCUT2D eigenvalue weighted by Crippen LogP contribution is -2.09. The Kier molecular flexibility index (Phi) is 3.33. The lowest BCUT2D eigenvalue weighted by Gasteiger charge is -2.20. The van der Waals surface area contributed by atoms with Gasteiger partial charge in [0.15, 0.2) is 0 Å². The van der Waals surface area contributed by atoms with Crippen molar-refractivity contribution in [2.45, 2.75) is 37.9 Å². The Bertz CT molecular complexity index is 112. The van der Waals surface area contributed by atoms with Gasteiger partial charge >= 0.3 is 0 Å². The summed E-state index contributed by atoms with van der Waals surface area (Å²) in [7, 11) is 0.